The van der Waals surface area contributed by atoms with Crippen molar-refractivity contribution < 1.29 is 8.60 Å². The zero-order valence-electron chi connectivity index (χ0n) is 10.2. The van der Waals surface area contributed by atoms with E-state index in [-0.39, 0.29) is 10.9 Å². The summed E-state index contributed by atoms with van der Waals surface area (Å²) < 4.78 is 24.9. The van der Waals surface area contributed by atoms with Crippen LogP contribution in [0.2, 0.25) is 5.02 Å². The quantitative estimate of drug-likeness (QED) is 0.738. The van der Waals surface area contributed by atoms with E-state index in [1.165, 1.54) is 12.5 Å². The van der Waals surface area contributed by atoms with Gasteiger partial charge in [-0.3, -0.25) is 4.21 Å². The van der Waals surface area contributed by atoms with Crippen molar-refractivity contribution in [3.8, 4) is 11.4 Å². The second-order valence-corrected chi connectivity index (χ2v) is 5.78. The molecule has 0 spiro atoms. The van der Waals surface area contributed by atoms with E-state index in [9.17, 15) is 8.60 Å². The van der Waals surface area contributed by atoms with Gasteiger partial charge in [-0.15, -0.1) is 0 Å². The van der Waals surface area contributed by atoms with Crippen molar-refractivity contribution in [2.45, 2.75) is 5.03 Å². The Morgan fingerprint density at radius 1 is 1.35 bits per heavy atom. The Labute approximate surface area is 120 Å². The Kier molecular flexibility index (Phi) is 3.23. The molecule has 8 heteroatoms. The molecular weight excluding hydrogens is 303 g/mol. The average Bonchev–Trinajstić information content (AvgIpc) is 2.82. The van der Waals surface area contributed by atoms with Gasteiger partial charge in [0.05, 0.1) is 22.0 Å². The molecule has 20 heavy (non-hydrogen) atoms. The van der Waals surface area contributed by atoms with E-state index in [0.717, 1.165) is 11.6 Å². The van der Waals surface area contributed by atoms with Crippen LogP contribution in [0.3, 0.4) is 0 Å². The van der Waals surface area contributed by atoms with Crippen molar-refractivity contribution >= 4 is 33.4 Å². The fraction of sp³-hybridized carbons (Fsp3) is 0.0833. The number of pyridine rings is 1. The minimum absolute atomic E-state index is 0.126. The van der Waals surface area contributed by atoms with Gasteiger partial charge in [0.25, 0.3) is 0 Å². The highest BCUT2D eigenvalue weighted by molar-refractivity contribution is 7.84. The van der Waals surface area contributed by atoms with Crippen LogP contribution < -0.4 is 0 Å². The van der Waals surface area contributed by atoms with E-state index in [4.69, 9.17) is 11.6 Å². The van der Waals surface area contributed by atoms with Gasteiger partial charge in [-0.1, -0.05) is 11.6 Å². The molecule has 3 aromatic heterocycles. The van der Waals surface area contributed by atoms with Crippen molar-refractivity contribution in [3.05, 3.63) is 35.5 Å². The lowest BCUT2D eigenvalue weighted by Gasteiger charge is -2.02. The van der Waals surface area contributed by atoms with E-state index >= 15 is 0 Å². The SMILES string of the molecule is CS(=O)c1nc(-c2c[nH]c3ncc(Cl)cc23)ncc1F. The van der Waals surface area contributed by atoms with Gasteiger partial charge in [0, 0.05) is 29.6 Å². The summed E-state index contributed by atoms with van der Waals surface area (Å²) in [5.74, 6) is -0.419. The molecule has 1 atom stereocenters. The molecule has 0 saturated heterocycles. The first-order chi connectivity index (χ1) is 9.56. The molecule has 5 nitrogen and oxygen atoms in total. The first-order valence-corrected chi connectivity index (χ1v) is 7.49. The largest absolute Gasteiger partial charge is 0.345 e. The predicted molar refractivity (Wildman–Crippen MR) is 74.4 cm³/mol. The van der Waals surface area contributed by atoms with Crippen LogP contribution in [-0.4, -0.2) is 30.4 Å². The molecule has 0 radical (unpaired) electrons. The van der Waals surface area contributed by atoms with Gasteiger partial charge in [-0.25, -0.2) is 19.3 Å². The van der Waals surface area contributed by atoms with Crippen LogP contribution in [0, 0.1) is 5.82 Å². The fourth-order valence-corrected chi connectivity index (χ4v) is 2.55. The maximum Gasteiger partial charge on any atom is 0.176 e. The Morgan fingerprint density at radius 3 is 2.90 bits per heavy atom. The van der Waals surface area contributed by atoms with Crippen LogP contribution in [0.4, 0.5) is 4.39 Å². The summed E-state index contributed by atoms with van der Waals surface area (Å²) in [6.45, 7) is 0. The van der Waals surface area contributed by atoms with Crippen molar-refractivity contribution in [2.75, 3.05) is 6.26 Å². The van der Waals surface area contributed by atoms with Crippen LogP contribution in [0.15, 0.2) is 29.7 Å². The maximum absolute atomic E-state index is 13.5. The molecule has 0 aromatic carbocycles. The third kappa shape index (κ3) is 2.19. The van der Waals surface area contributed by atoms with Gasteiger partial charge in [0.1, 0.15) is 5.65 Å². The maximum atomic E-state index is 13.5. The lowest BCUT2D eigenvalue weighted by atomic mass is 10.2. The number of aromatic amines is 1. The molecule has 3 aromatic rings. The van der Waals surface area contributed by atoms with Crippen LogP contribution in [0.1, 0.15) is 0 Å². The van der Waals surface area contributed by atoms with Gasteiger partial charge in [-0.05, 0) is 6.07 Å². The molecule has 0 saturated carbocycles. The summed E-state index contributed by atoms with van der Waals surface area (Å²) in [5, 5.41) is 1.07. The first-order valence-electron chi connectivity index (χ1n) is 5.55. The lowest BCUT2D eigenvalue weighted by molar-refractivity contribution is 0.573. The number of H-pyrrole nitrogens is 1. The van der Waals surface area contributed by atoms with Gasteiger partial charge in [-0.2, -0.15) is 0 Å². The molecule has 1 N–H and O–H groups in total. The predicted octanol–water partition coefficient (Wildman–Crippen LogP) is 2.55. The number of aromatic nitrogens is 4. The number of halogens is 2. The highest BCUT2D eigenvalue weighted by atomic mass is 35.5. The smallest absolute Gasteiger partial charge is 0.176 e. The van der Waals surface area contributed by atoms with Gasteiger partial charge >= 0.3 is 0 Å². The van der Waals surface area contributed by atoms with Crippen LogP contribution >= 0.6 is 11.6 Å². The number of nitrogens with zero attached hydrogens (tertiary/aromatic N) is 3. The number of nitrogens with one attached hydrogen (secondary N) is 1. The molecule has 0 aliphatic rings. The molecule has 0 aliphatic carbocycles. The van der Waals surface area contributed by atoms with E-state index in [0.29, 0.717) is 16.2 Å². The zero-order valence-corrected chi connectivity index (χ0v) is 11.8. The fourth-order valence-electron chi connectivity index (χ4n) is 1.85. The van der Waals surface area contributed by atoms with E-state index in [2.05, 4.69) is 19.9 Å². The van der Waals surface area contributed by atoms with Crippen molar-refractivity contribution in [1.82, 2.24) is 19.9 Å². The van der Waals surface area contributed by atoms with Crippen molar-refractivity contribution in [3.63, 3.8) is 0 Å². The molecule has 0 amide bonds. The molecule has 0 fully saturated rings. The Morgan fingerprint density at radius 2 is 2.15 bits per heavy atom. The monoisotopic (exact) mass is 310 g/mol. The van der Waals surface area contributed by atoms with Crippen LogP contribution in [0.5, 0.6) is 0 Å². The standard InChI is InChI=1S/C12H8ClFN4OS/c1-20(19)12-9(14)5-17-11(18-12)8-4-16-10-7(8)2-6(13)3-15-10/h2-5H,1H3,(H,15,16). The molecule has 3 heterocycles. The van der Waals surface area contributed by atoms with Gasteiger partial charge < -0.3 is 4.98 Å². The molecule has 102 valence electrons. The van der Waals surface area contributed by atoms with Crippen molar-refractivity contribution in [2.24, 2.45) is 0 Å². The summed E-state index contributed by atoms with van der Waals surface area (Å²) in [5.41, 5.74) is 1.25. The Hall–Kier alpha value is -1.86. The van der Waals surface area contributed by atoms with E-state index in [1.54, 1.807) is 12.3 Å². The minimum Gasteiger partial charge on any atom is -0.345 e. The Bertz CT molecular complexity index is 835. The van der Waals surface area contributed by atoms with Gasteiger partial charge in [0.2, 0.25) is 0 Å². The van der Waals surface area contributed by atoms with Crippen LogP contribution in [0.25, 0.3) is 22.4 Å². The van der Waals surface area contributed by atoms with Crippen LogP contribution in [-0.2, 0) is 10.8 Å². The minimum atomic E-state index is -1.53. The van der Waals surface area contributed by atoms with E-state index in [1.807, 2.05) is 0 Å². The van der Waals surface area contributed by atoms with Gasteiger partial charge in [0.15, 0.2) is 16.7 Å². The third-order valence-corrected chi connectivity index (χ3v) is 3.76. The molecule has 0 aliphatic heterocycles. The third-order valence-electron chi connectivity index (χ3n) is 2.72. The average molecular weight is 311 g/mol. The normalized spacial score (nSPS) is 12.8. The highest BCUT2D eigenvalue weighted by Gasteiger charge is 2.15. The number of hydrogen-bond donors (Lipinski definition) is 1. The summed E-state index contributed by atoms with van der Waals surface area (Å²) >= 11 is 5.92. The summed E-state index contributed by atoms with van der Waals surface area (Å²) in [4.78, 5) is 15.0. The second-order valence-electron chi connectivity index (χ2n) is 4.05. The topological polar surface area (TPSA) is 71.5 Å². The zero-order chi connectivity index (χ0) is 14.3. The second kappa shape index (κ2) is 4.92. The van der Waals surface area contributed by atoms with Crippen molar-refractivity contribution in [1.29, 1.82) is 0 Å². The number of rotatable bonds is 2. The molecule has 1 unspecified atom stereocenters. The number of hydrogen-bond acceptors (Lipinski definition) is 4. The molecule has 3 rings (SSSR count). The summed E-state index contributed by atoms with van der Waals surface area (Å²) in [6, 6.07) is 1.71. The number of fused-ring (bicyclic) bond motifs is 1. The first kappa shape index (κ1) is 13.1. The summed E-state index contributed by atoms with van der Waals surface area (Å²) in [6.07, 6.45) is 5.55. The summed E-state index contributed by atoms with van der Waals surface area (Å²) in [7, 11) is -1.53. The lowest BCUT2D eigenvalue weighted by Crippen LogP contribution is -2.00. The molecule has 0 bridgehead atoms. The Balaban J connectivity index is 2.23. The van der Waals surface area contributed by atoms with E-state index < -0.39 is 16.6 Å². The highest BCUT2D eigenvalue weighted by Crippen LogP contribution is 2.27. The molecular formula is C12H8ClFN4OS.